The van der Waals surface area contributed by atoms with Crippen LogP contribution in [0.2, 0.25) is 0 Å². The van der Waals surface area contributed by atoms with Crippen molar-refractivity contribution < 1.29 is 24.2 Å². The summed E-state index contributed by atoms with van der Waals surface area (Å²) in [6, 6.07) is 15.5. The average Bonchev–Trinajstić information content (AvgIpc) is 3.78. The van der Waals surface area contributed by atoms with Crippen molar-refractivity contribution in [2.75, 3.05) is 19.7 Å². The number of rotatable bonds is 14. The van der Waals surface area contributed by atoms with Gasteiger partial charge in [-0.25, -0.2) is 4.68 Å². The van der Waals surface area contributed by atoms with Crippen molar-refractivity contribution in [3.8, 4) is 0 Å². The first-order valence-corrected chi connectivity index (χ1v) is 17.3. The Morgan fingerprint density at radius 1 is 1.08 bits per heavy atom. The molecule has 3 aromatic rings. The fourth-order valence-electron chi connectivity index (χ4n) is 8.62. The summed E-state index contributed by atoms with van der Waals surface area (Å²) in [4.78, 5) is 49.8. The number of carbonyl (C=O) groups excluding carboxylic acids is 3. The largest absolute Gasteiger partial charge is 0.394 e. The van der Waals surface area contributed by atoms with E-state index in [2.05, 4.69) is 23.5 Å². The molecule has 3 aliphatic heterocycles. The molecular formula is C38H48N6O5. The van der Waals surface area contributed by atoms with E-state index in [9.17, 15) is 9.90 Å². The highest BCUT2D eigenvalue weighted by Crippen LogP contribution is 2.66. The number of aromatic nitrogens is 3. The molecule has 3 saturated heterocycles. The lowest BCUT2D eigenvalue weighted by Crippen LogP contribution is -2.60. The Morgan fingerprint density at radius 2 is 1.76 bits per heavy atom. The summed E-state index contributed by atoms with van der Waals surface area (Å²) in [5, 5.41) is 19.4. The maximum absolute atomic E-state index is 15.1. The van der Waals surface area contributed by atoms with Crippen LogP contribution in [0.1, 0.15) is 46.1 Å². The molecular weight excluding hydrogens is 620 g/mol. The van der Waals surface area contributed by atoms with Crippen molar-refractivity contribution in [1.82, 2.24) is 29.7 Å². The molecule has 49 heavy (non-hydrogen) atoms. The number of aliphatic hydroxyl groups is 1. The Kier molecular flexibility index (Phi) is 9.52. The summed E-state index contributed by atoms with van der Waals surface area (Å²) < 4.78 is 8.70. The molecule has 4 heterocycles. The van der Waals surface area contributed by atoms with Crippen LogP contribution in [-0.4, -0.2) is 95.5 Å². The van der Waals surface area contributed by atoms with Gasteiger partial charge >= 0.3 is 0 Å². The summed E-state index contributed by atoms with van der Waals surface area (Å²) >= 11 is 0. The summed E-state index contributed by atoms with van der Waals surface area (Å²) in [6.45, 7) is 16.3. The first kappa shape index (κ1) is 34.5. The van der Waals surface area contributed by atoms with Crippen molar-refractivity contribution in [2.45, 2.75) is 77.0 Å². The quantitative estimate of drug-likeness (QED) is 0.258. The topological polar surface area (TPSA) is 121 Å². The van der Waals surface area contributed by atoms with Crippen LogP contribution >= 0.6 is 0 Å². The summed E-state index contributed by atoms with van der Waals surface area (Å²) in [6.07, 6.45) is 4.43. The Morgan fingerprint density at radius 3 is 2.43 bits per heavy atom. The SMILES string of the molecule is C=CCN(Cn1nnc2ccccc21)C(=O)C1N([C@@H](CO)[C@@H](C)CC)C(=O)[C@@H]2[C@H](C(=O)N(CC=C)Cc3ccccc3)[C@@]3(C)OC12CC3C. The molecule has 0 aliphatic carbocycles. The molecule has 3 aliphatic rings. The number of aliphatic hydroxyl groups excluding tert-OH is 1. The van der Waals surface area contributed by atoms with Crippen molar-refractivity contribution in [3.63, 3.8) is 0 Å². The van der Waals surface area contributed by atoms with E-state index in [1.165, 1.54) is 0 Å². The minimum Gasteiger partial charge on any atom is -0.394 e. The Labute approximate surface area is 288 Å². The van der Waals surface area contributed by atoms with Crippen molar-refractivity contribution in [1.29, 1.82) is 0 Å². The highest BCUT2D eigenvalue weighted by molar-refractivity contribution is 5.99. The first-order valence-electron chi connectivity index (χ1n) is 17.3. The van der Waals surface area contributed by atoms with E-state index in [0.717, 1.165) is 11.1 Å². The van der Waals surface area contributed by atoms with E-state index in [-0.39, 0.29) is 49.4 Å². The van der Waals surface area contributed by atoms with E-state index >= 15 is 9.59 Å². The molecule has 2 bridgehead atoms. The number of hydrogen-bond acceptors (Lipinski definition) is 7. The second-order valence-electron chi connectivity index (χ2n) is 14.1. The van der Waals surface area contributed by atoms with E-state index in [1.807, 2.05) is 82.3 Å². The van der Waals surface area contributed by atoms with Gasteiger partial charge < -0.3 is 24.5 Å². The molecule has 0 saturated carbocycles. The van der Waals surface area contributed by atoms with E-state index < -0.39 is 35.1 Å². The molecule has 260 valence electrons. The highest BCUT2D eigenvalue weighted by atomic mass is 16.5. The molecule has 3 amide bonds. The maximum atomic E-state index is 15.1. The smallest absolute Gasteiger partial charge is 0.250 e. The van der Waals surface area contributed by atoms with Crippen LogP contribution in [0, 0.1) is 23.7 Å². The van der Waals surface area contributed by atoms with E-state index in [4.69, 9.17) is 4.74 Å². The average molecular weight is 669 g/mol. The fourth-order valence-corrected chi connectivity index (χ4v) is 8.62. The Balaban J connectivity index is 1.44. The van der Waals surface area contributed by atoms with E-state index in [0.29, 0.717) is 31.4 Å². The number of fused-ring (bicyclic) bond motifs is 2. The number of benzene rings is 2. The van der Waals surface area contributed by atoms with Gasteiger partial charge in [-0.3, -0.25) is 14.4 Å². The fraction of sp³-hybridized carbons (Fsp3) is 0.500. The number of hydrogen-bond donors (Lipinski definition) is 1. The number of para-hydroxylation sites is 1. The molecule has 11 nitrogen and oxygen atoms in total. The normalized spacial score (nSPS) is 28.3. The number of ether oxygens (including phenoxy) is 1. The minimum atomic E-state index is -1.28. The van der Waals surface area contributed by atoms with Gasteiger partial charge in [0.15, 0.2) is 0 Å². The summed E-state index contributed by atoms with van der Waals surface area (Å²) in [7, 11) is 0. The van der Waals surface area contributed by atoms with Crippen LogP contribution in [0.3, 0.4) is 0 Å². The summed E-state index contributed by atoms with van der Waals surface area (Å²) in [5.41, 5.74) is 0.148. The van der Waals surface area contributed by atoms with Gasteiger partial charge in [-0.05, 0) is 42.9 Å². The number of amides is 3. The second-order valence-corrected chi connectivity index (χ2v) is 14.1. The number of nitrogens with zero attached hydrogens (tertiary/aromatic N) is 6. The molecule has 6 rings (SSSR count). The Hall–Kier alpha value is -4.35. The van der Waals surface area contributed by atoms with Gasteiger partial charge in [-0.15, -0.1) is 18.3 Å². The number of likely N-dealkylation sites (tertiary alicyclic amines) is 1. The monoisotopic (exact) mass is 668 g/mol. The lowest BCUT2D eigenvalue weighted by atomic mass is 9.62. The zero-order valence-electron chi connectivity index (χ0n) is 28.9. The van der Waals surface area contributed by atoms with Crippen molar-refractivity contribution >= 4 is 28.8 Å². The second kappa shape index (κ2) is 13.5. The molecule has 8 atom stereocenters. The van der Waals surface area contributed by atoms with Gasteiger partial charge in [-0.1, -0.05) is 87.0 Å². The van der Waals surface area contributed by atoms with Crippen molar-refractivity contribution in [3.05, 3.63) is 85.5 Å². The molecule has 1 aromatic heterocycles. The zero-order chi connectivity index (χ0) is 35.1. The van der Waals surface area contributed by atoms with Crippen LogP contribution < -0.4 is 0 Å². The van der Waals surface area contributed by atoms with Gasteiger partial charge in [0, 0.05) is 19.6 Å². The zero-order valence-corrected chi connectivity index (χ0v) is 28.9. The molecule has 3 unspecified atom stereocenters. The van der Waals surface area contributed by atoms with Crippen LogP contribution in [0.15, 0.2) is 79.9 Å². The Bertz CT molecular complexity index is 1730. The van der Waals surface area contributed by atoms with Crippen LogP contribution in [0.4, 0.5) is 0 Å². The van der Waals surface area contributed by atoms with E-state index in [1.54, 1.807) is 31.5 Å². The van der Waals surface area contributed by atoms with Gasteiger partial charge in [0.1, 0.15) is 23.8 Å². The van der Waals surface area contributed by atoms with Crippen LogP contribution in [0.25, 0.3) is 11.0 Å². The van der Waals surface area contributed by atoms with Gasteiger partial charge in [0.25, 0.3) is 0 Å². The molecule has 11 heteroatoms. The third kappa shape index (κ3) is 5.56. The number of carbonyl (C=O) groups is 3. The standard InChI is InChI=1S/C38H48N6O5/c1-7-19-41(22-27-15-11-10-12-16-27)34(46)31-32-35(47)44(30(23-45)25(4)9-3)33(38(32)21-26(5)37(31,6)49-38)36(48)42(20-8-2)24-43-29-18-14-13-17-28(29)39-40-43/h7-8,10-18,25-26,30-33,45H,1-2,9,19-24H2,3-6H3/t25-,26?,30-,31+,32-,33?,37-,38?/m0/s1. The minimum absolute atomic E-state index is 0.0666. The van der Waals surface area contributed by atoms with Crippen molar-refractivity contribution in [2.24, 2.45) is 23.7 Å². The molecule has 1 spiro atoms. The third-order valence-electron chi connectivity index (χ3n) is 11.4. The summed E-state index contributed by atoms with van der Waals surface area (Å²) in [5.74, 6) is -2.87. The predicted molar refractivity (Wildman–Crippen MR) is 185 cm³/mol. The lowest BCUT2D eigenvalue weighted by Gasteiger charge is -2.41. The molecule has 3 fully saturated rings. The van der Waals surface area contributed by atoms with Gasteiger partial charge in [0.2, 0.25) is 17.7 Å². The lowest BCUT2D eigenvalue weighted by molar-refractivity contribution is -0.159. The highest BCUT2D eigenvalue weighted by Gasteiger charge is 2.80. The van der Waals surface area contributed by atoms with Gasteiger partial charge in [0.05, 0.1) is 35.6 Å². The maximum Gasteiger partial charge on any atom is 0.250 e. The van der Waals surface area contributed by atoms with Crippen LogP contribution in [-0.2, 0) is 32.3 Å². The molecule has 1 N–H and O–H groups in total. The molecule has 0 radical (unpaired) electrons. The third-order valence-corrected chi connectivity index (χ3v) is 11.4. The molecule has 2 aromatic carbocycles. The van der Waals surface area contributed by atoms with Crippen LogP contribution in [0.5, 0.6) is 0 Å². The van der Waals surface area contributed by atoms with Gasteiger partial charge in [-0.2, -0.15) is 0 Å². The first-order chi connectivity index (χ1) is 23.6. The predicted octanol–water partition coefficient (Wildman–Crippen LogP) is 4.04.